The van der Waals surface area contributed by atoms with Crippen LogP contribution in [0.5, 0.6) is 0 Å². The van der Waals surface area contributed by atoms with Gasteiger partial charge in [-0.05, 0) is 0 Å². The fourth-order valence-electron chi connectivity index (χ4n) is 2.09. The molecule has 0 unspecified atom stereocenters. The first-order chi connectivity index (χ1) is 5.51. The number of hydrogen-bond donors (Lipinski definition) is 2. The molecule has 0 rings (SSSR count). The van der Waals surface area contributed by atoms with Crippen LogP contribution in [0, 0.1) is 3.76 Å². The van der Waals surface area contributed by atoms with Crippen molar-refractivity contribution >= 4 is 0 Å². The second-order valence-corrected chi connectivity index (χ2v) is 26.1. The van der Waals surface area contributed by atoms with Crippen molar-refractivity contribution in [3.05, 3.63) is 0 Å². The molecule has 0 aromatic rings. The van der Waals surface area contributed by atoms with Crippen LogP contribution in [-0.2, 0) is 14.6 Å². The zero-order valence-electron chi connectivity index (χ0n) is 10.1. The van der Waals surface area contributed by atoms with Gasteiger partial charge in [0.2, 0.25) is 0 Å². The van der Waals surface area contributed by atoms with Gasteiger partial charge in [-0.3, -0.25) is 0 Å². The Bertz CT molecular complexity index is 259. The van der Waals surface area contributed by atoms with E-state index in [1.54, 1.807) is 0 Å². The molecule has 0 radical (unpaired) electrons. The molecule has 13 heavy (non-hydrogen) atoms. The summed E-state index contributed by atoms with van der Waals surface area (Å²) in [5.74, 6) is 0. The first-order valence-corrected chi connectivity index (χ1v) is 13.4. The van der Waals surface area contributed by atoms with E-state index in [-0.39, 0.29) is 3.63 Å². The first-order valence-electron chi connectivity index (χ1n) is 5.28. The van der Waals surface area contributed by atoms with Crippen LogP contribution in [0.25, 0.3) is 0 Å². The van der Waals surface area contributed by atoms with Gasteiger partial charge in [0.15, 0.2) is 0 Å². The van der Waals surface area contributed by atoms with Crippen LogP contribution >= 0.6 is 0 Å². The van der Waals surface area contributed by atoms with Gasteiger partial charge in [0.25, 0.3) is 0 Å². The molecule has 0 aromatic carbocycles. The van der Waals surface area contributed by atoms with E-state index >= 15 is 0 Å². The van der Waals surface area contributed by atoms with Crippen molar-refractivity contribution in [2.24, 2.45) is 4.14 Å². The zero-order chi connectivity index (χ0) is 11.0. The number of nitrogens with one attached hydrogen (secondary N) is 1. The number of hydrogen-bond acceptors (Lipinski definition) is 1. The van der Waals surface area contributed by atoms with E-state index in [0.29, 0.717) is 0 Å². The molecule has 0 saturated heterocycles. The zero-order valence-corrected chi connectivity index (χ0v) is 12.3. The van der Waals surface area contributed by atoms with Gasteiger partial charge in [-0.2, -0.15) is 0 Å². The molecule has 3 N–H and O–H groups in total. The van der Waals surface area contributed by atoms with Crippen LogP contribution in [0.2, 0.25) is 17.5 Å². The van der Waals surface area contributed by atoms with Crippen molar-refractivity contribution in [1.82, 2.24) is 0 Å². The molecule has 0 heterocycles. The van der Waals surface area contributed by atoms with Crippen LogP contribution in [-0.4, -0.2) is 0 Å². The third-order valence-electron chi connectivity index (χ3n) is 4.98. The normalized spacial score (nSPS) is 19.3. The summed E-state index contributed by atoms with van der Waals surface area (Å²) in [5, 5.41) is 0. The topological polar surface area (TPSA) is 49.9 Å². The van der Waals surface area contributed by atoms with Crippen molar-refractivity contribution in [2.75, 3.05) is 0 Å². The van der Waals surface area contributed by atoms with E-state index in [1.165, 1.54) is 0 Å². The summed E-state index contributed by atoms with van der Waals surface area (Å²) in [6, 6.07) is 0. The molecule has 0 aliphatic carbocycles. The van der Waals surface area contributed by atoms with Gasteiger partial charge >= 0.3 is 81.6 Å². The second kappa shape index (κ2) is 2.75. The molecule has 0 fully saturated rings. The maximum atomic E-state index is 8.99. The van der Waals surface area contributed by atoms with Crippen LogP contribution in [0.3, 0.4) is 0 Å². The average molecular weight is 268 g/mol. The standard InChI is InChI=1S/C4H9.3C2H5.H2N.HN.Nb/c1-4(2)3;3*1-2;;;/h1-3H3;3*1H2,2H3;1H2;1H;/q;;;;-1;;+1. The molecule has 0 aliphatic heterocycles. The molecule has 3 heteroatoms. The Morgan fingerprint density at radius 1 is 1.00 bits per heavy atom. The molecule has 82 valence electrons. The van der Waals surface area contributed by atoms with E-state index in [4.69, 9.17) is 7.89 Å². The van der Waals surface area contributed by atoms with Crippen molar-refractivity contribution in [1.29, 1.82) is 3.76 Å². The van der Waals surface area contributed by atoms with Crippen LogP contribution in [0.4, 0.5) is 0 Å². The molecule has 0 atom stereocenters. The summed E-state index contributed by atoms with van der Waals surface area (Å²) in [5.41, 5.74) is 0. The minimum absolute atomic E-state index is 0.0212. The van der Waals surface area contributed by atoms with E-state index in [2.05, 4.69) is 41.5 Å². The van der Waals surface area contributed by atoms with Crippen molar-refractivity contribution < 1.29 is 14.6 Å². The molecule has 0 spiro atoms. The fraction of sp³-hybridized carbons (Fsp3) is 1.00. The Morgan fingerprint density at radius 3 is 1.23 bits per heavy atom. The second-order valence-electron chi connectivity index (χ2n) is 5.66. The maximum absolute atomic E-state index is 8.99. The summed E-state index contributed by atoms with van der Waals surface area (Å²) in [4.78, 5) is 0. The quantitative estimate of drug-likeness (QED) is 0.733. The van der Waals surface area contributed by atoms with Crippen molar-refractivity contribution in [2.45, 2.75) is 59.1 Å². The molecular weight excluding hydrogens is 241 g/mol. The summed E-state index contributed by atoms with van der Waals surface area (Å²) in [6.07, 6.45) is 0. The van der Waals surface area contributed by atoms with Crippen molar-refractivity contribution in [3.63, 3.8) is 0 Å². The summed E-state index contributed by atoms with van der Waals surface area (Å²) >= 11 is -4.07. The number of rotatable bonds is 3. The molecule has 2 nitrogen and oxygen atoms in total. The van der Waals surface area contributed by atoms with Gasteiger partial charge < -0.3 is 0 Å². The average Bonchev–Trinajstić information content (AvgIpc) is 2.04. The predicted molar refractivity (Wildman–Crippen MR) is 58.1 cm³/mol. The van der Waals surface area contributed by atoms with Gasteiger partial charge in [-0.15, -0.1) is 0 Å². The molecule has 0 bridgehead atoms. The van der Waals surface area contributed by atoms with Gasteiger partial charge in [-0.1, -0.05) is 0 Å². The van der Waals surface area contributed by atoms with E-state index in [1.807, 2.05) is 0 Å². The third kappa shape index (κ3) is 1.48. The Labute approximate surface area is 81.6 Å². The monoisotopic (exact) mass is 268 g/mol. The van der Waals surface area contributed by atoms with Crippen molar-refractivity contribution in [3.8, 4) is 0 Å². The van der Waals surface area contributed by atoms with Crippen LogP contribution < -0.4 is 4.14 Å². The van der Waals surface area contributed by atoms with Gasteiger partial charge in [0, 0.05) is 0 Å². The molecule has 0 saturated carbocycles. The molecule has 0 aliphatic rings. The summed E-state index contributed by atoms with van der Waals surface area (Å²) in [6.45, 7) is 12.8. The predicted octanol–water partition coefficient (Wildman–Crippen LogP) is 4.38. The Hall–Kier alpha value is 0.500. The SMILES string of the molecule is C[CH2][Nb](=[NH])([NH2])([CH2]C)([CH2]C)[C](C)(C)C. The van der Waals surface area contributed by atoms with E-state index < -0.39 is 14.6 Å². The summed E-state index contributed by atoms with van der Waals surface area (Å²) < 4.78 is 18.3. The fourth-order valence-corrected chi connectivity index (χ4v) is 12.4. The Kier molecular flexibility index (Phi) is 2.86. The molecular formula is C10H27N2Nb. The Morgan fingerprint density at radius 2 is 1.23 bits per heavy atom. The first kappa shape index (κ1) is 13.5. The minimum atomic E-state index is -4.07. The number of nitrogens with two attached hydrogens (primary N) is 1. The van der Waals surface area contributed by atoms with Gasteiger partial charge in [0.1, 0.15) is 0 Å². The summed E-state index contributed by atoms with van der Waals surface area (Å²) in [7, 11) is 0. The van der Waals surface area contributed by atoms with E-state index in [9.17, 15) is 0 Å². The van der Waals surface area contributed by atoms with Gasteiger partial charge in [0.05, 0.1) is 0 Å². The van der Waals surface area contributed by atoms with Gasteiger partial charge in [-0.25, -0.2) is 0 Å². The van der Waals surface area contributed by atoms with Crippen LogP contribution in [0.1, 0.15) is 41.5 Å². The molecule has 0 amide bonds. The Balaban J connectivity index is 5.87. The van der Waals surface area contributed by atoms with E-state index in [0.717, 1.165) is 13.9 Å². The molecule has 0 aromatic heterocycles. The van der Waals surface area contributed by atoms with Crippen LogP contribution in [0.15, 0.2) is 0 Å². The third-order valence-corrected chi connectivity index (χ3v) is 29.5.